The number of aromatic nitrogens is 1. The second-order valence-corrected chi connectivity index (χ2v) is 4.96. The fraction of sp³-hybridized carbons (Fsp3) is 0.125. The topological polar surface area (TPSA) is 37.3 Å². The summed E-state index contributed by atoms with van der Waals surface area (Å²) in [6.45, 7) is 0. The number of hydrazone groups is 1. The van der Waals surface area contributed by atoms with E-state index in [2.05, 4.69) is 27.6 Å². The molecular formula is C16H14ClN3. The van der Waals surface area contributed by atoms with Gasteiger partial charge in [-0.05, 0) is 41.7 Å². The van der Waals surface area contributed by atoms with Crippen molar-refractivity contribution in [1.82, 2.24) is 4.98 Å². The van der Waals surface area contributed by atoms with Gasteiger partial charge in [0.05, 0.1) is 11.2 Å². The minimum Gasteiger partial charge on any atom is -0.261 e. The van der Waals surface area contributed by atoms with Crippen LogP contribution in [0.4, 0.5) is 5.82 Å². The van der Waals surface area contributed by atoms with Crippen molar-refractivity contribution in [2.45, 2.75) is 12.8 Å². The summed E-state index contributed by atoms with van der Waals surface area (Å²) in [5.74, 6) is 0.719. The number of nitrogens with zero attached hydrogens (tertiary/aromatic N) is 2. The van der Waals surface area contributed by atoms with Gasteiger partial charge in [-0.3, -0.25) is 5.43 Å². The van der Waals surface area contributed by atoms with Crippen molar-refractivity contribution >= 4 is 28.7 Å². The van der Waals surface area contributed by atoms with Crippen LogP contribution in [0.3, 0.4) is 0 Å². The van der Waals surface area contributed by atoms with Gasteiger partial charge >= 0.3 is 0 Å². The van der Waals surface area contributed by atoms with Gasteiger partial charge in [0.2, 0.25) is 0 Å². The molecule has 0 radical (unpaired) electrons. The van der Waals surface area contributed by atoms with Gasteiger partial charge in [0, 0.05) is 6.20 Å². The van der Waals surface area contributed by atoms with Crippen LogP contribution >= 0.6 is 11.6 Å². The molecule has 1 aromatic carbocycles. The zero-order valence-corrected chi connectivity index (χ0v) is 11.6. The molecule has 4 heteroatoms. The highest BCUT2D eigenvalue weighted by Crippen LogP contribution is 2.32. The molecule has 3 nitrogen and oxygen atoms in total. The Balaban J connectivity index is 1.78. The zero-order chi connectivity index (χ0) is 13.8. The van der Waals surface area contributed by atoms with Gasteiger partial charge in [-0.2, -0.15) is 5.10 Å². The van der Waals surface area contributed by atoms with E-state index in [1.54, 1.807) is 12.4 Å². The first-order valence-corrected chi connectivity index (χ1v) is 6.89. The van der Waals surface area contributed by atoms with Gasteiger partial charge in [0.25, 0.3) is 0 Å². The summed E-state index contributed by atoms with van der Waals surface area (Å²) in [5.41, 5.74) is 6.36. The summed E-state index contributed by atoms with van der Waals surface area (Å²) < 4.78 is 0. The number of fused-ring (bicyclic) bond motifs is 1. The predicted octanol–water partition coefficient (Wildman–Crippen LogP) is 4.08. The molecule has 0 saturated carbocycles. The Labute approximate surface area is 123 Å². The summed E-state index contributed by atoms with van der Waals surface area (Å²) >= 11 is 6.44. The SMILES string of the molecule is ClC1=C(/C=N\Nc2ccccn2)CCc2ccccc21. The number of rotatable bonds is 3. The minimum atomic E-state index is 0.719. The largest absolute Gasteiger partial charge is 0.261 e. The maximum atomic E-state index is 6.44. The second-order valence-electron chi connectivity index (χ2n) is 4.58. The summed E-state index contributed by atoms with van der Waals surface area (Å²) in [4.78, 5) is 4.14. The smallest absolute Gasteiger partial charge is 0.146 e. The summed E-state index contributed by atoms with van der Waals surface area (Å²) in [5, 5.41) is 5.00. The van der Waals surface area contributed by atoms with E-state index in [4.69, 9.17) is 11.6 Å². The molecule has 0 amide bonds. The lowest BCUT2D eigenvalue weighted by Crippen LogP contribution is -2.04. The Morgan fingerprint density at radius 3 is 2.80 bits per heavy atom. The van der Waals surface area contributed by atoms with E-state index in [0.29, 0.717) is 0 Å². The van der Waals surface area contributed by atoms with Crippen LogP contribution in [0.5, 0.6) is 0 Å². The van der Waals surface area contributed by atoms with Gasteiger partial charge in [-0.15, -0.1) is 0 Å². The normalized spacial score (nSPS) is 14.4. The summed E-state index contributed by atoms with van der Waals surface area (Å²) in [6.07, 6.45) is 5.41. The number of nitrogens with one attached hydrogen (secondary N) is 1. The average molecular weight is 284 g/mol. The van der Waals surface area contributed by atoms with E-state index in [-0.39, 0.29) is 0 Å². The molecule has 0 fully saturated rings. The molecule has 1 heterocycles. The van der Waals surface area contributed by atoms with Crippen LogP contribution in [0.2, 0.25) is 0 Å². The van der Waals surface area contributed by atoms with Crippen molar-refractivity contribution in [3.8, 4) is 0 Å². The Bertz CT molecular complexity index is 662. The third kappa shape index (κ3) is 2.73. The van der Waals surface area contributed by atoms with Gasteiger partial charge in [-0.1, -0.05) is 41.9 Å². The quantitative estimate of drug-likeness (QED) is 0.681. The Morgan fingerprint density at radius 1 is 1.10 bits per heavy atom. The van der Waals surface area contributed by atoms with Crippen LogP contribution in [0, 0.1) is 0 Å². The molecule has 2 aromatic rings. The van der Waals surface area contributed by atoms with Crippen molar-refractivity contribution in [3.05, 3.63) is 65.4 Å². The highest BCUT2D eigenvalue weighted by atomic mass is 35.5. The Kier molecular flexibility index (Phi) is 3.79. The first kappa shape index (κ1) is 12.9. The molecule has 0 saturated heterocycles. The first-order valence-electron chi connectivity index (χ1n) is 6.51. The van der Waals surface area contributed by atoms with Gasteiger partial charge in [-0.25, -0.2) is 4.98 Å². The molecule has 0 bridgehead atoms. The maximum Gasteiger partial charge on any atom is 0.146 e. The molecular weight excluding hydrogens is 270 g/mol. The van der Waals surface area contributed by atoms with Gasteiger partial charge < -0.3 is 0 Å². The standard InChI is InChI=1S/C16H14ClN3/c17-16-13(9-8-12-5-1-2-6-14(12)16)11-19-20-15-7-3-4-10-18-15/h1-7,10-11H,8-9H2,(H,18,20)/b19-11-. The van der Waals surface area contributed by atoms with Crippen LogP contribution in [0.1, 0.15) is 17.5 Å². The molecule has 20 heavy (non-hydrogen) atoms. The van der Waals surface area contributed by atoms with E-state index < -0.39 is 0 Å². The molecule has 1 aliphatic rings. The van der Waals surface area contributed by atoms with Crippen molar-refractivity contribution in [2.75, 3.05) is 5.43 Å². The van der Waals surface area contributed by atoms with Crippen molar-refractivity contribution in [1.29, 1.82) is 0 Å². The number of allylic oxidation sites excluding steroid dienone is 1. The van der Waals surface area contributed by atoms with Crippen LogP contribution in [0.25, 0.3) is 5.03 Å². The monoisotopic (exact) mass is 283 g/mol. The maximum absolute atomic E-state index is 6.44. The third-order valence-corrected chi connectivity index (χ3v) is 3.71. The van der Waals surface area contributed by atoms with E-state index in [1.807, 2.05) is 30.3 Å². The number of halogens is 1. The number of benzene rings is 1. The number of pyridine rings is 1. The average Bonchev–Trinajstić information content (AvgIpc) is 2.51. The lowest BCUT2D eigenvalue weighted by Gasteiger charge is -2.17. The Hall–Kier alpha value is -2.13. The van der Waals surface area contributed by atoms with Gasteiger partial charge in [0.15, 0.2) is 0 Å². The highest BCUT2D eigenvalue weighted by Gasteiger charge is 2.15. The van der Waals surface area contributed by atoms with Crippen molar-refractivity contribution in [2.24, 2.45) is 5.10 Å². The molecule has 0 aliphatic heterocycles. The lowest BCUT2D eigenvalue weighted by molar-refractivity contribution is 0.960. The van der Waals surface area contributed by atoms with Crippen LogP contribution in [0.15, 0.2) is 59.3 Å². The fourth-order valence-electron chi connectivity index (χ4n) is 2.23. The van der Waals surface area contributed by atoms with Crippen LogP contribution in [-0.2, 0) is 6.42 Å². The third-order valence-electron chi connectivity index (χ3n) is 3.26. The van der Waals surface area contributed by atoms with Crippen molar-refractivity contribution in [3.63, 3.8) is 0 Å². The first-order chi connectivity index (χ1) is 9.84. The summed E-state index contributed by atoms with van der Waals surface area (Å²) in [6, 6.07) is 13.9. The molecule has 0 unspecified atom stereocenters. The number of hydrogen-bond acceptors (Lipinski definition) is 3. The molecule has 100 valence electrons. The lowest BCUT2D eigenvalue weighted by atomic mass is 9.92. The zero-order valence-electron chi connectivity index (χ0n) is 10.9. The molecule has 1 N–H and O–H groups in total. The van der Waals surface area contributed by atoms with E-state index >= 15 is 0 Å². The Morgan fingerprint density at radius 2 is 1.95 bits per heavy atom. The van der Waals surface area contributed by atoms with E-state index in [1.165, 1.54) is 5.56 Å². The van der Waals surface area contributed by atoms with Crippen molar-refractivity contribution < 1.29 is 0 Å². The predicted molar refractivity (Wildman–Crippen MR) is 83.9 cm³/mol. The van der Waals surface area contributed by atoms with E-state index in [0.717, 1.165) is 34.8 Å². The molecule has 0 spiro atoms. The summed E-state index contributed by atoms with van der Waals surface area (Å²) in [7, 11) is 0. The number of hydrogen-bond donors (Lipinski definition) is 1. The minimum absolute atomic E-state index is 0.719. The molecule has 1 aliphatic carbocycles. The van der Waals surface area contributed by atoms with Gasteiger partial charge in [0.1, 0.15) is 5.82 Å². The molecule has 0 atom stereocenters. The molecule has 3 rings (SSSR count). The van der Waals surface area contributed by atoms with Crippen LogP contribution in [-0.4, -0.2) is 11.2 Å². The molecule has 1 aromatic heterocycles. The fourth-order valence-corrected chi connectivity index (χ4v) is 2.56. The number of aryl methyl sites for hydroxylation is 1. The highest BCUT2D eigenvalue weighted by molar-refractivity contribution is 6.50. The second kappa shape index (κ2) is 5.88. The number of anilines is 1. The van der Waals surface area contributed by atoms with Crippen LogP contribution < -0.4 is 5.43 Å². The van der Waals surface area contributed by atoms with E-state index in [9.17, 15) is 0 Å².